The third-order valence-corrected chi connectivity index (χ3v) is 5.95. The number of hydrogen-bond donors (Lipinski definition) is 1. The minimum atomic E-state index is -0.757. The maximum absolute atomic E-state index is 13.2. The second kappa shape index (κ2) is 12.4. The van der Waals surface area contributed by atoms with Gasteiger partial charge in [0.1, 0.15) is 11.5 Å². The number of hydrogen-bond acceptors (Lipinski definition) is 7. The first-order chi connectivity index (χ1) is 17.3. The molecule has 3 rings (SSSR count). The van der Waals surface area contributed by atoms with Crippen LogP contribution in [0, 0.1) is 0 Å². The van der Waals surface area contributed by atoms with E-state index in [-0.39, 0.29) is 11.3 Å². The summed E-state index contributed by atoms with van der Waals surface area (Å²) < 4.78 is 16.8. The molecule has 1 aliphatic heterocycles. The van der Waals surface area contributed by atoms with E-state index in [0.29, 0.717) is 54.6 Å². The number of rotatable bonds is 12. The third kappa shape index (κ3) is 5.99. The second-order valence-electron chi connectivity index (χ2n) is 8.87. The first-order valence-electron chi connectivity index (χ1n) is 12.3. The van der Waals surface area contributed by atoms with E-state index in [2.05, 4.69) is 0 Å². The molecule has 1 amide bonds. The molecular weight excluding hydrogens is 460 g/mol. The first kappa shape index (κ1) is 27.1. The fraction of sp³-hybridized carbons (Fsp3) is 0.429. The van der Waals surface area contributed by atoms with Crippen LogP contribution in [-0.4, -0.2) is 74.1 Å². The van der Waals surface area contributed by atoms with Gasteiger partial charge in [0.15, 0.2) is 11.5 Å². The molecule has 1 aliphatic rings. The van der Waals surface area contributed by atoms with Crippen LogP contribution in [0.25, 0.3) is 5.76 Å². The molecule has 0 aliphatic carbocycles. The monoisotopic (exact) mass is 496 g/mol. The zero-order valence-corrected chi connectivity index (χ0v) is 21.7. The number of aliphatic hydroxyl groups is 1. The van der Waals surface area contributed by atoms with E-state index in [9.17, 15) is 14.7 Å². The lowest BCUT2D eigenvalue weighted by Crippen LogP contribution is -2.32. The van der Waals surface area contributed by atoms with Gasteiger partial charge in [-0.05, 0) is 82.4 Å². The number of carbonyl (C=O) groups excluding carboxylic acids is 2. The summed E-state index contributed by atoms with van der Waals surface area (Å²) in [5, 5.41) is 11.3. The number of aliphatic hydroxyl groups excluding tert-OH is 1. The fourth-order valence-corrected chi connectivity index (χ4v) is 4.23. The van der Waals surface area contributed by atoms with Crippen molar-refractivity contribution in [2.45, 2.75) is 32.7 Å². The van der Waals surface area contributed by atoms with Crippen LogP contribution in [0.1, 0.15) is 43.9 Å². The molecule has 194 valence electrons. The average Bonchev–Trinajstić information content (AvgIpc) is 3.12. The Balaban J connectivity index is 2.09. The van der Waals surface area contributed by atoms with Crippen LogP contribution < -0.4 is 14.2 Å². The van der Waals surface area contributed by atoms with Crippen molar-refractivity contribution in [1.29, 1.82) is 0 Å². The Morgan fingerprint density at radius 3 is 2.36 bits per heavy atom. The van der Waals surface area contributed by atoms with Crippen LogP contribution >= 0.6 is 0 Å². The quantitative estimate of drug-likeness (QED) is 0.267. The molecular formula is C28H36N2O6. The lowest BCUT2D eigenvalue weighted by molar-refractivity contribution is -0.139. The molecule has 0 unspecified atom stereocenters. The Labute approximate surface area is 213 Å². The van der Waals surface area contributed by atoms with Crippen molar-refractivity contribution in [3.8, 4) is 17.2 Å². The summed E-state index contributed by atoms with van der Waals surface area (Å²) in [5.41, 5.74) is 1.15. The Kier molecular flexibility index (Phi) is 9.36. The fourth-order valence-electron chi connectivity index (χ4n) is 4.23. The highest BCUT2D eigenvalue weighted by Gasteiger charge is 2.46. The predicted molar refractivity (Wildman–Crippen MR) is 139 cm³/mol. The minimum Gasteiger partial charge on any atom is -0.507 e. The molecule has 1 saturated heterocycles. The molecule has 0 radical (unpaired) electrons. The normalized spacial score (nSPS) is 17.1. The molecule has 1 fully saturated rings. The lowest BCUT2D eigenvalue weighted by Gasteiger charge is -2.26. The summed E-state index contributed by atoms with van der Waals surface area (Å²) in [6.07, 6.45) is 1.52. The van der Waals surface area contributed by atoms with Crippen molar-refractivity contribution < 1.29 is 28.9 Å². The van der Waals surface area contributed by atoms with E-state index >= 15 is 0 Å². The van der Waals surface area contributed by atoms with Gasteiger partial charge in [-0.15, -0.1) is 0 Å². The zero-order chi connectivity index (χ0) is 26.2. The maximum atomic E-state index is 13.2. The molecule has 36 heavy (non-hydrogen) atoms. The number of Topliss-reactive ketones (excluding diaryl/α,β-unsaturated/α-hetero) is 1. The van der Waals surface area contributed by atoms with E-state index < -0.39 is 17.7 Å². The van der Waals surface area contributed by atoms with E-state index in [1.165, 1.54) is 4.90 Å². The summed E-state index contributed by atoms with van der Waals surface area (Å²) in [6, 6.07) is 11.4. The van der Waals surface area contributed by atoms with Crippen LogP contribution in [0.2, 0.25) is 0 Å². The van der Waals surface area contributed by atoms with Crippen LogP contribution in [0.15, 0.2) is 48.0 Å². The summed E-state index contributed by atoms with van der Waals surface area (Å²) in [5.74, 6) is 0.182. The van der Waals surface area contributed by atoms with Crippen molar-refractivity contribution in [3.63, 3.8) is 0 Å². The van der Waals surface area contributed by atoms with Crippen molar-refractivity contribution in [2.75, 3.05) is 47.5 Å². The molecule has 8 heteroatoms. The topological polar surface area (TPSA) is 88.5 Å². The molecule has 1 N–H and O–H groups in total. The van der Waals surface area contributed by atoms with E-state index in [1.807, 2.05) is 38.9 Å². The van der Waals surface area contributed by atoms with Gasteiger partial charge >= 0.3 is 0 Å². The SMILES string of the molecule is CCCOc1ccc([C@H]2/C(=C(\O)c3ccc(OCC)cc3)C(=O)C(=O)N2CCCN(C)C)cc1OC. The van der Waals surface area contributed by atoms with Gasteiger partial charge < -0.3 is 29.1 Å². The van der Waals surface area contributed by atoms with Crippen LogP contribution in [0.3, 0.4) is 0 Å². The van der Waals surface area contributed by atoms with Gasteiger partial charge in [0, 0.05) is 12.1 Å². The van der Waals surface area contributed by atoms with Crippen molar-refractivity contribution in [2.24, 2.45) is 0 Å². The number of methoxy groups -OCH3 is 1. The van der Waals surface area contributed by atoms with E-state index in [1.54, 1.807) is 43.5 Å². The maximum Gasteiger partial charge on any atom is 0.295 e. The van der Waals surface area contributed by atoms with Crippen LogP contribution in [0.4, 0.5) is 0 Å². The average molecular weight is 497 g/mol. The van der Waals surface area contributed by atoms with E-state index in [0.717, 1.165) is 13.0 Å². The van der Waals surface area contributed by atoms with Gasteiger partial charge in [0.05, 0.1) is 31.9 Å². The molecule has 1 heterocycles. The lowest BCUT2D eigenvalue weighted by atomic mass is 9.95. The van der Waals surface area contributed by atoms with E-state index in [4.69, 9.17) is 14.2 Å². The standard InChI is InChI=1S/C28H36N2O6/c1-6-17-36-22-14-11-20(18-23(22)34-5)25-24(26(31)19-9-12-21(13-10-19)35-7-2)27(32)28(33)30(25)16-8-15-29(3)4/h9-14,18,25,31H,6-8,15-17H2,1-5H3/b26-24+/t25-/m0/s1. The number of ether oxygens (including phenoxy) is 3. The molecule has 0 bridgehead atoms. The van der Waals surface area contributed by atoms with Crippen molar-refractivity contribution in [3.05, 3.63) is 59.2 Å². The van der Waals surface area contributed by atoms with Gasteiger partial charge in [-0.3, -0.25) is 9.59 Å². The summed E-state index contributed by atoms with van der Waals surface area (Å²) in [7, 11) is 5.46. The van der Waals surface area contributed by atoms with Gasteiger partial charge in [-0.25, -0.2) is 0 Å². The second-order valence-corrected chi connectivity index (χ2v) is 8.87. The molecule has 0 spiro atoms. The van der Waals surface area contributed by atoms with Crippen molar-refractivity contribution >= 4 is 17.4 Å². The third-order valence-electron chi connectivity index (χ3n) is 5.95. The highest BCUT2D eigenvalue weighted by atomic mass is 16.5. The van der Waals surface area contributed by atoms with Gasteiger partial charge in [-0.1, -0.05) is 13.0 Å². The van der Waals surface area contributed by atoms with Crippen LogP contribution in [0.5, 0.6) is 17.2 Å². The Bertz CT molecular complexity index is 1090. The minimum absolute atomic E-state index is 0.0540. The number of carbonyl (C=O) groups is 2. The number of amides is 1. The van der Waals surface area contributed by atoms with Gasteiger partial charge in [0.25, 0.3) is 11.7 Å². The molecule has 2 aromatic rings. The highest BCUT2D eigenvalue weighted by Crippen LogP contribution is 2.42. The molecule has 8 nitrogen and oxygen atoms in total. The molecule has 0 aromatic heterocycles. The number of benzene rings is 2. The van der Waals surface area contributed by atoms with Gasteiger partial charge in [-0.2, -0.15) is 0 Å². The number of likely N-dealkylation sites (tertiary alicyclic amines) is 1. The summed E-state index contributed by atoms with van der Waals surface area (Å²) >= 11 is 0. The smallest absolute Gasteiger partial charge is 0.295 e. The van der Waals surface area contributed by atoms with Crippen molar-refractivity contribution in [1.82, 2.24) is 9.80 Å². The molecule has 0 saturated carbocycles. The first-order valence-corrected chi connectivity index (χ1v) is 12.3. The summed E-state index contributed by atoms with van der Waals surface area (Å²) in [4.78, 5) is 30.0. The summed E-state index contributed by atoms with van der Waals surface area (Å²) in [6.45, 7) is 6.08. The largest absolute Gasteiger partial charge is 0.507 e. The number of nitrogens with zero attached hydrogens (tertiary/aromatic N) is 2. The zero-order valence-electron chi connectivity index (χ0n) is 21.7. The molecule has 2 aromatic carbocycles. The highest BCUT2D eigenvalue weighted by molar-refractivity contribution is 6.46. The number of ketones is 1. The van der Waals surface area contributed by atoms with Crippen LogP contribution in [-0.2, 0) is 9.59 Å². The molecule has 1 atom stereocenters. The van der Waals surface area contributed by atoms with Gasteiger partial charge in [0.2, 0.25) is 0 Å². The Morgan fingerprint density at radius 2 is 1.75 bits per heavy atom. The Hall–Kier alpha value is -3.52. The predicted octanol–water partition coefficient (Wildman–Crippen LogP) is 4.26. The Morgan fingerprint density at radius 1 is 1.03 bits per heavy atom.